The summed E-state index contributed by atoms with van der Waals surface area (Å²) in [5, 5.41) is 9.74. The highest BCUT2D eigenvalue weighted by molar-refractivity contribution is 6.30. The van der Waals surface area contributed by atoms with Gasteiger partial charge in [-0.25, -0.2) is 14.8 Å². The van der Waals surface area contributed by atoms with Crippen molar-refractivity contribution in [1.29, 1.82) is 0 Å². The quantitative estimate of drug-likeness (QED) is 0.866. The van der Waals surface area contributed by atoms with Crippen molar-refractivity contribution in [2.75, 3.05) is 0 Å². The Morgan fingerprint density at radius 1 is 1.36 bits per heavy atom. The minimum absolute atomic E-state index is 0.00245. The number of ether oxygens (including phenoxy) is 1. The summed E-state index contributed by atoms with van der Waals surface area (Å²) in [7, 11) is 0. The largest absolute Gasteiger partial charge is 0.490 e. The van der Waals surface area contributed by atoms with Gasteiger partial charge in [-0.05, 0) is 38.8 Å². The van der Waals surface area contributed by atoms with Gasteiger partial charge in [-0.15, -0.1) is 0 Å². The standard InChI is InChI=1S/C16H19ClN2O3/c1-4-5-6-11-15(17)19-14-10(18-11)7-8-12(22-9(2)3)13(14)16(20)21/h7-9H,4-6H2,1-3H3,(H,20,21). The zero-order valence-electron chi connectivity index (χ0n) is 12.9. The molecule has 0 bridgehead atoms. The lowest BCUT2D eigenvalue weighted by Crippen LogP contribution is -2.11. The Kier molecular flexibility index (Phi) is 5.19. The Balaban J connectivity index is 2.60. The normalized spacial score (nSPS) is 11.1. The molecular formula is C16H19ClN2O3. The first-order chi connectivity index (χ1) is 10.4. The summed E-state index contributed by atoms with van der Waals surface area (Å²) in [6, 6.07) is 3.34. The summed E-state index contributed by atoms with van der Waals surface area (Å²) >= 11 is 6.17. The molecule has 5 nitrogen and oxygen atoms in total. The number of aromatic nitrogens is 2. The van der Waals surface area contributed by atoms with Gasteiger partial charge in [0.2, 0.25) is 0 Å². The third kappa shape index (κ3) is 3.47. The van der Waals surface area contributed by atoms with Crippen LogP contribution in [0.1, 0.15) is 49.7 Å². The first-order valence-corrected chi connectivity index (χ1v) is 7.70. The van der Waals surface area contributed by atoms with E-state index in [1.54, 1.807) is 12.1 Å². The van der Waals surface area contributed by atoms with E-state index in [9.17, 15) is 9.90 Å². The molecule has 2 aromatic rings. The second-order valence-corrected chi connectivity index (χ2v) is 5.70. The van der Waals surface area contributed by atoms with E-state index in [4.69, 9.17) is 16.3 Å². The van der Waals surface area contributed by atoms with Crippen LogP contribution in [-0.2, 0) is 6.42 Å². The third-order valence-corrected chi connectivity index (χ3v) is 3.47. The lowest BCUT2D eigenvalue weighted by Gasteiger charge is -2.14. The van der Waals surface area contributed by atoms with Crippen molar-refractivity contribution < 1.29 is 14.6 Å². The van der Waals surface area contributed by atoms with Gasteiger partial charge >= 0.3 is 5.97 Å². The Labute approximate surface area is 134 Å². The summed E-state index contributed by atoms with van der Waals surface area (Å²) in [5.41, 5.74) is 1.48. The zero-order valence-corrected chi connectivity index (χ0v) is 13.6. The second kappa shape index (κ2) is 6.92. The molecule has 0 spiro atoms. The smallest absolute Gasteiger partial charge is 0.341 e. The Bertz CT molecular complexity index is 701. The molecule has 0 atom stereocenters. The number of nitrogens with zero attached hydrogens (tertiary/aromatic N) is 2. The van der Waals surface area contributed by atoms with Crippen molar-refractivity contribution in [1.82, 2.24) is 9.97 Å². The number of unbranched alkanes of at least 4 members (excludes halogenated alkanes) is 1. The molecule has 0 radical (unpaired) electrons. The van der Waals surface area contributed by atoms with Crippen LogP contribution in [0.25, 0.3) is 11.0 Å². The van der Waals surface area contributed by atoms with Crippen LogP contribution in [0.5, 0.6) is 5.75 Å². The predicted octanol–water partition coefficient (Wildman–Crippen LogP) is 4.11. The van der Waals surface area contributed by atoms with E-state index in [1.807, 2.05) is 13.8 Å². The average Bonchev–Trinajstić information content (AvgIpc) is 2.44. The third-order valence-electron chi connectivity index (χ3n) is 3.17. The van der Waals surface area contributed by atoms with Gasteiger partial charge in [0.15, 0.2) is 5.15 Å². The number of halogens is 1. The van der Waals surface area contributed by atoms with Crippen LogP contribution in [0, 0.1) is 0 Å². The highest BCUT2D eigenvalue weighted by Gasteiger charge is 2.20. The molecular weight excluding hydrogens is 304 g/mol. The number of carbonyl (C=O) groups is 1. The van der Waals surface area contributed by atoms with Crippen LogP contribution in [0.4, 0.5) is 0 Å². The van der Waals surface area contributed by atoms with E-state index in [1.165, 1.54) is 0 Å². The molecule has 0 unspecified atom stereocenters. The van der Waals surface area contributed by atoms with Gasteiger partial charge in [0, 0.05) is 0 Å². The van der Waals surface area contributed by atoms with Crippen molar-refractivity contribution >= 4 is 28.6 Å². The first kappa shape index (κ1) is 16.5. The average molecular weight is 323 g/mol. The monoisotopic (exact) mass is 322 g/mol. The number of aromatic carboxylic acids is 1. The van der Waals surface area contributed by atoms with Crippen molar-refractivity contribution in [3.63, 3.8) is 0 Å². The van der Waals surface area contributed by atoms with Crippen LogP contribution in [0.2, 0.25) is 5.15 Å². The summed E-state index contributed by atoms with van der Waals surface area (Å²) in [6.07, 6.45) is 2.57. The molecule has 1 aromatic heterocycles. The van der Waals surface area contributed by atoms with Gasteiger partial charge < -0.3 is 9.84 Å². The Morgan fingerprint density at radius 2 is 2.09 bits per heavy atom. The number of hydrogen-bond donors (Lipinski definition) is 1. The van der Waals surface area contributed by atoms with E-state index in [0.29, 0.717) is 11.2 Å². The molecule has 1 N–H and O–H groups in total. The molecule has 0 saturated heterocycles. The fraction of sp³-hybridized carbons (Fsp3) is 0.438. The number of hydrogen-bond acceptors (Lipinski definition) is 4. The van der Waals surface area contributed by atoms with E-state index < -0.39 is 5.97 Å². The molecule has 22 heavy (non-hydrogen) atoms. The van der Waals surface area contributed by atoms with Crippen LogP contribution < -0.4 is 4.74 Å². The maximum Gasteiger partial charge on any atom is 0.341 e. The number of fused-ring (bicyclic) bond motifs is 1. The molecule has 1 aromatic carbocycles. The van der Waals surface area contributed by atoms with Gasteiger partial charge in [0.05, 0.1) is 17.3 Å². The summed E-state index contributed by atoms with van der Waals surface area (Å²) in [6.45, 7) is 5.76. The van der Waals surface area contributed by atoms with Crippen molar-refractivity contribution in [3.05, 3.63) is 28.5 Å². The number of aryl methyl sites for hydroxylation is 1. The van der Waals surface area contributed by atoms with Gasteiger partial charge in [-0.3, -0.25) is 0 Å². The van der Waals surface area contributed by atoms with Crippen molar-refractivity contribution in [3.8, 4) is 5.75 Å². The topological polar surface area (TPSA) is 72.3 Å². The number of benzene rings is 1. The van der Waals surface area contributed by atoms with Gasteiger partial charge in [-0.2, -0.15) is 0 Å². The van der Waals surface area contributed by atoms with Crippen molar-refractivity contribution in [2.45, 2.75) is 46.1 Å². The maximum absolute atomic E-state index is 11.6. The first-order valence-electron chi connectivity index (χ1n) is 7.33. The summed E-state index contributed by atoms with van der Waals surface area (Å²) in [5.74, 6) is -0.824. The SMILES string of the molecule is CCCCc1nc2ccc(OC(C)C)c(C(=O)O)c2nc1Cl. The van der Waals surface area contributed by atoms with Crippen LogP contribution in [0.3, 0.4) is 0 Å². The lowest BCUT2D eigenvalue weighted by atomic mass is 10.1. The molecule has 118 valence electrons. The van der Waals surface area contributed by atoms with Gasteiger partial charge in [-0.1, -0.05) is 24.9 Å². The van der Waals surface area contributed by atoms with Crippen LogP contribution in [-0.4, -0.2) is 27.1 Å². The number of carboxylic acids is 1. The lowest BCUT2D eigenvalue weighted by molar-refractivity contribution is 0.0692. The molecule has 0 aliphatic rings. The molecule has 6 heteroatoms. The summed E-state index contributed by atoms with van der Waals surface area (Å²) in [4.78, 5) is 20.3. The van der Waals surface area contributed by atoms with Gasteiger partial charge in [0.25, 0.3) is 0 Å². The van der Waals surface area contributed by atoms with Crippen LogP contribution in [0.15, 0.2) is 12.1 Å². The second-order valence-electron chi connectivity index (χ2n) is 5.34. The van der Waals surface area contributed by atoms with Crippen LogP contribution >= 0.6 is 11.6 Å². The van der Waals surface area contributed by atoms with E-state index in [2.05, 4.69) is 16.9 Å². The Hall–Kier alpha value is -1.88. The molecule has 0 aliphatic heterocycles. The molecule has 0 aliphatic carbocycles. The summed E-state index contributed by atoms with van der Waals surface area (Å²) < 4.78 is 5.56. The molecule has 0 saturated carbocycles. The highest BCUT2D eigenvalue weighted by Crippen LogP contribution is 2.29. The fourth-order valence-corrected chi connectivity index (χ4v) is 2.40. The number of rotatable bonds is 6. The highest BCUT2D eigenvalue weighted by atomic mass is 35.5. The van der Waals surface area contributed by atoms with Gasteiger partial charge in [0.1, 0.15) is 16.8 Å². The fourth-order valence-electron chi connectivity index (χ4n) is 2.18. The molecule has 1 heterocycles. The zero-order chi connectivity index (χ0) is 16.3. The minimum Gasteiger partial charge on any atom is -0.490 e. The van der Waals surface area contributed by atoms with E-state index >= 15 is 0 Å². The molecule has 0 fully saturated rings. The number of carboxylic acid groups (broad SMARTS) is 1. The molecule has 0 amide bonds. The minimum atomic E-state index is -1.10. The van der Waals surface area contributed by atoms with Crippen molar-refractivity contribution in [2.24, 2.45) is 0 Å². The maximum atomic E-state index is 11.6. The molecule has 2 rings (SSSR count). The van der Waals surface area contributed by atoms with E-state index in [0.717, 1.165) is 19.3 Å². The predicted molar refractivity (Wildman–Crippen MR) is 85.9 cm³/mol. The Morgan fingerprint density at radius 3 is 2.68 bits per heavy atom. The van der Waals surface area contributed by atoms with E-state index in [-0.39, 0.29) is 28.1 Å².